The molecule has 7 nitrogen and oxygen atoms in total. The number of amides is 2. The molecule has 8 rings (SSSR count). The molecule has 0 bridgehead atoms. The Morgan fingerprint density at radius 3 is 2.71 bits per heavy atom. The SMILES string of the molecule is O=C(Nc1ccc2oc(C(=O)N3C[C@H]4CC45C3=CC(=O)c3ccccc35)cc2c1)c1cc2ccccc2[nH]1. The lowest BCUT2D eigenvalue weighted by atomic mass is 9.81. The molecule has 3 heterocycles. The Labute approximate surface area is 216 Å². The second-order valence-electron chi connectivity index (χ2n) is 10.3. The van der Waals surface area contributed by atoms with E-state index in [1.165, 1.54) is 0 Å². The van der Waals surface area contributed by atoms with Crippen LogP contribution in [0.2, 0.25) is 0 Å². The maximum Gasteiger partial charge on any atom is 0.293 e. The van der Waals surface area contributed by atoms with Crippen molar-refractivity contribution in [1.82, 2.24) is 9.88 Å². The topological polar surface area (TPSA) is 95.4 Å². The van der Waals surface area contributed by atoms with Crippen molar-refractivity contribution in [1.29, 1.82) is 0 Å². The Kier molecular flexibility index (Phi) is 4.08. The zero-order valence-corrected chi connectivity index (χ0v) is 20.2. The molecule has 3 aromatic carbocycles. The molecule has 5 aromatic rings. The molecule has 2 N–H and O–H groups in total. The number of carbonyl (C=O) groups is 3. The second kappa shape index (κ2) is 7.32. The minimum atomic E-state index is -0.255. The smallest absolute Gasteiger partial charge is 0.293 e. The van der Waals surface area contributed by atoms with E-state index in [4.69, 9.17) is 4.42 Å². The number of fused-ring (bicyclic) bond motifs is 3. The lowest BCUT2D eigenvalue weighted by Crippen LogP contribution is -2.33. The molecular weight excluding hydrogens is 478 g/mol. The number of ketones is 1. The van der Waals surface area contributed by atoms with Crippen LogP contribution in [0.4, 0.5) is 5.69 Å². The number of furan rings is 1. The van der Waals surface area contributed by atoms with Crippen LogP contribution in [0.25, 0.3) is 21.9 Å². The summed E-state index contributed by atoms with van der Waals surface area (Å²) in [5, 5.41) is 4.59. The minimum Gasteiger partial charge on any atom is -0.451 e. The van der Waals surface area contributed by atoms with Gasteiger partial charge in [-0.1, -0.05) is 42.5 Å². The standard InChI is InChI=1S/C31H21N3O4/c35-25-14-28-31(22-7-3-2-6-21(22)25)15-19(31)16-34(28)30(37)27-13-18-11-20(9-10-26(18)38-27)32-29(36)24-12-17-5-1-4-8-23(17)33-24/h1-14,19,33H,15-16H2,(H,32,36)/t19-,31?/m1/s1. The van der Waals surface area contributed by atoms with Crippen LogP contribution in [-0.4, -0.2) is 34.0 Å². The molecule has 2 aliphatic carbocycles. The molecule has 2 amide bonds. The van der Waals surface area contributed by atoms with Gasteiger partial charge in [-0.05, 0) is 54.3 Å². The zero-order valence-electron chi connectivity index (χ0n) is 20.2. The molecule has 2 atom stereocenters. The molecular formula is C31H21N3O4. The van der Waals surface area contributed by atoms with Gasteiger partial charge in [0.2, 0.25) is 0 Å². The van der Waals surface area contributed by atoms with E-state index in [1.807, 2.05) is 54.6 Å². The monoisotopic (exact) mass is 499 g/mol. The molecule has 184 valence electrons. The van der Waals surface area contributed by atoms with Crippen LogP contribution in [0.3, 0.4) is 0 Å². The van der Waals surface area contributed by atoms with E-state index in [1.54, 1.807) is 35.2 Å². The van der Waals surface area contributed by atoms with Gasteiger partial charge in [0.25, 0.3) is 11.8 Å². The van der Waals surface area contributed by atoms with Gasteiger partial charge >= 0.3 is 0 Å². The van der Waals surface area contributed by atoms with Gasteiger partial charge in [0, 0.05) is 51.3 Å². The van der Waals surface area contributed by atoms with Gasteiger partial charge in [-0.3, -0.25) is 14.4 Å². The molecule has 1 aliphatic heterocycles. The molecule has 1 saturated carbocycles. The molecule has 3 aliphatic rings. The normalized spacial score (nSPS) is 21.2. The van der Waals surface area contributed by atoms with Gasteiger partial charge in [-0.2, -0.15) is 0 Å². The fourth-order valence-electron chi connectivity index (χ4n) is 6.33. The van der Waals surface area contributed by atoms with Gasteiger partial charge in [-0.15, -0.1) is 0 Å². The maximum atomic E-state index is 13.6. The summed E-state index contributed by atoms with van der Waals surface area (Å²) in [6, 6.07) is 24.2. The largest absolute Gasteiger partial charge is 0.451 e. The number of piperidine rings is 1. The number of H-pyrrole nitrogens is 1. The van der Waals surface area contributed by atoms with Crippen molar-refractivity contribution < 1.29 is 18.8 Å². The molecule has 0 radical (unpaired) electrons. The predicted octanol–water partition coefficient (Wildman–Crippen LogP) is 5.66. The number of benzene rings is 3. The third-order valence-corrected chi connectivity index (χ3v) is 8.20. The fourth-order valence-corrected chi connectivity index (χ4v) is 6.33. The van der Waals surface area contributed by atoms with Crippen LogP contribution in [-0.2, 0) is 5.41 Å². The van der Waals surface area contributed by atoms with E-state index in [0.717, 1.165) is 34.1 Å². The number of nitrogens with zero attached hydrogens (tertiary/aromatic N) is 1. The quantitative estimate of drug-likeness (QED) is 0.335. The summed E-state index contributed by atoms with van der Waals surface area (Å²) in [5.74, 6) is -0.0527. The highest BCUT2D eigenvalue weighted by Gasteiger charge is 2.67. The number of aromatic amines is 1. The highest BCUT2D eigenvalue weighted by molar-refractivity contribution is 6.10. The summed E-state index contributed by atoms with van der Waals surface area (Å²) in [4.78, 5) is 44.1. The molecule has 1 spiro atoms. The number of hydrogen-bond donors (Lipinski definition) is 2. The first-order chi connectivity index (χ1) is 18.5. The number of hydrogen-bond acceptors (Lipinski definition) is 4. The number of likely N-dealkylation sites (tertiary alicyclic amines) is 1. The Morgan fingerprint density at radius 2 is 1.82 bits per heavy atom. The molecule has 38 heavy (non-hydrogen) atoms. The lowest BCUT2D eigenvalue weighted by Gasteiger charge is -2.28. The molecule has 1 unspecified atom stereocenters. The number of anilines is 1. The molecule has 1 saturated heterocycles. The highest BCUT2D eigenvalue weighted by Crippen LogP contribution is 2.66. The van der Waals surface area contributed by atoms with Gasteiger partial charge in [-0.25, -0.2) is 0 Å². The van der Waals surface area contributed by atoms with E-state index in [0.29, 0.717) is 34.8 Å². The number of rotatable bonds is 3. The Balaban J connectivity index is 1.07. The number of aromatic nitrogens is 1. The number of para-hydroxylation sites is 1. The Hall–Kier alpha value is -4.91. The summed E-state index contributed by atoms with van der Waals surface area (Å²) >= 11 is 0. The molecule has 2 fully saturated rings. The Morgan fingerprint density at radius 1 is 0.974 bits per heavy atom. The van der Waals surface area contributed by atoms with Gasteiger partial charge in [0.15, 0.2) is 11.5 Å². The number of carbonyl (C=O) groups excluding carboxylic acids is 3. The van der Waals surface area contributed by atoms with Crippen molar-refractivity contribution in [2.45, 2.75) is 11.8 Å². The average Bonchev–Trinajstić information content (AvgIpc) is 3.25. The zero-order chi connectivity index (χ0) is 25.6. The fraction of sp³-hybridized carbons (Fsp3) is 0.129. The van der Waals surface area contributed by atoms with E-state index in [-0.39, 0.29) is 28.8 Å². The maximum absolute atomic E-state index is 13.6. The van der Waals surface area contributed by atoms with Crippen LogP contribution in [0.5, 0.6) is 0 Å². The van der Waals surface area contributed by atoms with Gasteiger partial charge in [0.1, 0.15) is 11.3 Å². The van der Waals surface area contributed by atoms with E-state index < -0.39 is 0 Å². The van der Waals surface area contributed by atoms with E-state index in [2.05, 4.69) is 10.3 Å². The molecule has 2 aromatic heterocycles. The predicted molar refractivity (Wildman–Crippen MR) is 142 cm³/mol. The summed E-state index contributed by atoms with van der Waals surface area (Å²) in [5.41, 5.74) is 4.81. The first-order valence-electron chi connectivity index (χ1n) is 12.6. The lowest BCUT2D eigenvalue weighted by molar-refractivity contribution is 0.0782. The van der Waals surface area contributed by atoms with Crippen LogP contribution in [0, 0.1) is 5.92 Å². The number of allylic oxidation sites excluding steroid dienone is 2. The second-order valence-corrected chi connectivity index (χ2v) is 10.3. The first-order valence-corrected chi connectivity index (χ1v) is 12.6. The van der Waals surface area contributed by atoms with Crippen molar-refractivity contribution in [2.24, 2.45) is 5.92 Å². The van der Waals surface area contributed by atoms with Crippen LogP contribution in [0.15, 0.2) is 95.1 Å². The van der Waals surface area contributed by atoms with E-state index in [9.17, 15) is 14.4 Å². The summed E-state index contributed by atoms with van der Waals surface area (Å²) in [6.45, 7) is 0.565. The Bertz CT molecular complexity index is 1860. The third-order valence-electron chi connectivity index (χ3n) is 8.20. The van der Waals surface area contributed by atoms with Crippen LogP contribution >= 0.6 is 0 Å². The average molecular weight is 500 g/mol. The van der Waals surface area contributed by atoms with Crippen molar-refractivity contribution in [3.63, 3.8) is 0 Å². The van der Waals surface area contributed by atoms with Crippen molar-refractivity contribution in [3.8, 4) is 0 Å². The van der Waals surface area contributed by atoms with Crippen molar-refractivity contribution in [3.05, 3.63) is 113 Å². The van der Waals surface area contributed by atoms with Crippen molar-refractivity contribution in [2.75, 3.05) is 11.9 Å². The number of nitrogens with one attached hydrogen (secondary N) is 2. The molecule has 7 heteroatoms. The summed E-state index contributed by atoms with van der Waals surface area (Å²) in [6.07, 6.45) is 2.58. The highest BCUT2D eigenvalue weighted by atomic mass is 16.3. The first kappa shape index (κ1) is 21.2. The van der Waals surface area contributed by atoms with Crippen LogP contribution in [0.1, 0.15) is 43.4 Å². The summed E-state index contributed by atoms with van der Waals surface area (Å²) < 4.78 is 5.93. The minimum absolute atomic E-state index is 0.0634. The van der Waals surface area contributed by atoms with Crippen molar-refractivity contribution >= 4 is 45.2 Å². The van der Waals surface area contributed by atoms with Gasteiger partial charge in [0.05, 0.1) is 0 Å². The third kappa shape index (κ3) is 2.87. The summed E-state index contributed by atoms with van der Waals surface area (Å²) in [7, 11) is 0. The van der Waals surface area contributed by atoms with Crippen LogP contribution < -0.4 is 5.32 Å². The van der Waals surface area contributed by atoms with E-state index >= 15 is 0 Å². The van der Waals surface area contributed by atoms with Gasteiger partial charge < -0.3 is 19.6 Å².